The molecule has 1 saturated heterocycles. The number of likely N-dealkylation sites (tertiary alicyclic amines) is 1. The summed E-state index contributed by atoms with van der Waals surface area (Å²) in [5.41, 5.74) is 0.477. The van der Waals surface area contributed by atoms with Crippen LogP contribution in [0.2, 0.25) is 0 Å². The molecule has 1 amide bonds. The van der Waals surface area contributed by atoms with Gasteiger partial charge in [0, 0.05) is 23.8 Å². The second-order valence-electron chi connectivity index (χ2n) is 3.35. The van der Waals surface area contributed by atoms with Crippen LogP contribution in [0.5, 0.6) is 0 Å². The summed E-state index contributed by atoms with van der Waals surface area (Å²) < 4.78 is 3.69. The van der Waals surface area contributed by atoms with Gasteiger partial charge in [-0.3, -0.25) is 4.79 Å². The Labute approximate surface area is 94.6 Å². The average molecular weight is 276 g/mol. The highest BCUT2D eigenvalue weighted by atomic mass is 79.9. The Kier molecular flexibility index (Phi) is 3.12. The van der Waals surface area contributed by atoms with Gasteiger partial charge in [-0.05, 0) is 23.9 Å². The molecule has 4 nitrogen and oxygen atoms in total. The number of amides is 1. The lowest BCUT2D eigenvalue weighted by molar-refractivity contribution is 0.0782. The molecule has 1 aromatic rings. The van der Waals surface area contributed by atoms with E-state index in [0.717, 1.165) is 24.8 Å². The van der Waals surface area contributed by atoms with Crippen LogP contribution in [0, 0.1) is 5.92 Å². The Bertz CT molecular complexity index is 316. The van der Waals surface area contributed by atoms with Crippen LogP contribution in [-0.2, 0) is 0 Å². The molecule has 14 heavy (non-hydrogen) atoms. The summed E-state index contributed by atoms with van der Waals surface area (Å²) in [4.78, 5) is 13.6. The molecule has 1 unspecified atom stereocenters. The van der Waals surface area contributed by atoms with Crippen molar-refractivity contribution >= 4 is 33.4 Å². The molecular formula is C8H10BrN3OS. The van der Waals surface area contributed by atoms with Crippen molar-refractivity contribution < 1.29 is 4.79 Å². The SMILES string of the molecule is O=C(c1csnn1)N1CCC(CBr)C1. The van der Waals surface area contributed by atoms with E-state index in [0.29, 0.717) is 11.6 Å². The van der Waals surface area contributed by atoms with E-state index in [4.69, 9.17) is 0 Å². The lowest BCUT2D eigenvalue weighted by atomic mass is 10.2. The standard InChI is InChI=1S/C8H10BrN3OS/c9-3-6-1-2-12(4-6)8(13)7-5-14-11-10-7/h5-6H,1-4H2. The molecule has 1 atom stereocenters. The molecule has 1 aliphatic heterocycles. The molecule has 0 saturated carbocycles. The van der Waals surface area contributed by atoms with Crippen LogP contribution in [-0.4, -0.2) is 38.8 Å². The van der Waals surface area contributed by atoms with Gasteiger partial charge in [0.2, 0.25) is 0 Å². The van der Waals surface area contributed by atoms with Crippen LogP contribution in [0.3, 0.4) is 0 Å². The number of hydrogen-bond acceptors (Lipinski definition) is 4. The monoisotopic (exact) mass is 275 g/mol. The quantitative estimate of drug-likeness (QED) is 0.767. The maximum Gasteiger partial charge on any atom is 0.275 e. The molecule has 6 heteroatoms. The molecule has 0 N–H and O–H groups in total. The maximum atomic E-state index is 11.8. The number of carbonyl (C=O) groups is 1. The van der Waals surface area contributed by atoms with Crippen LogP contribution in [0.1, 0.15) is 16.9 Å². The minimum Gasteiger partial charge on any atom is -0.337 e. The summed E-state index contributed by atoms with van der Waals surface area (Å²) in [5, 5.41) is 6.44. The van der Waals surface area contributed by atoms with Gasteiger partial charge in [0.15, 0.2) is 5.69 Å². The van der Waals surface area contributed by atoms with Crippen molar-refractivity contribution in [2.75, 3.05) is 18.4 Å². The van der Waals surface area contributed by atoms with Crippen LogP contribution in [0.25, 0.3) is 0 Å². The summed E-state index contributed by atoms with van der Waals surface area (Å²) in [5.74, 6) is 0.604. The summed E-state index contributed by atoms with van der Waals surface area (Å²) in [7, 11) is 0. The van der Waals surface area contributed by atoms with Crippen LogP contribution < -0.4 is 0 Å². The van der Waals surface area contributed by atoms with Crippen molar-refractivity contribution in [2.24, 2.45) is 5.92 Å². The van der Waals surface area contributed by atoms with E-state index in [2.05, 4.69) is 25.5 Å². The molecule has 0 radical (unpaired) electrons. The first-order valence-electron chi connectivity index (χ1n) is 4.43. The lowest BCUT2D eigenvalue weighted by Crippen LogP contribution is -2.29. The Morgan fingerprint density at radius 2 is 2.64 bits per heavy atom. The Morgan fingerprint density at radius 3 is 3.21 bits per heavy atom. The lowest BCUT2D eigenvalue weighted by Gasteiger charge is -2.13. The van der Waals surface area contributed by atoms with Crippen LogP contribution >= 0.6 is 27.5 Å². The number of carbonyl (C=O) groups excluding carboxylic acids is 1. The van der Waals surface area contributed by atoms with E-state index in [9.17, 15) is 4.79 Å². The maximum absolute atomic E-state index is 11.8. The van der Waals surface area contributed by atoms with Crippen molar-refractivity contribution in [2.45, 2.75) is 6.42 Å². The van der Waals surface area contributed by atoms with Crippen LogP contribution in [0.4, 0.5) is 0 Å². The largest absolute Gasteiger partial charge is 0.337 e. The van der Waals surface area contributed by atoms with Gasteiger partial charge in [-0.1, -0.05) is 20.4 Å². The molecule has 1 aliphatic rings. The molecule has 0 spiro atoms. The number of hydrogen-bond donors (Lipinski definition) is 0. The van der Waals surface area contributed by atoms with Crippen molar-refractivity contribution in [1.82, 2.24) is 14.5 Å². The first-order chi connectivity index (χ1) is 6.81. The first kappa shape index (κ1) is 10.0. The molecule has 0 aliphatic carbocycles. The molecule has 0 aromatic carbocycles. The third-order valence-electron chi connectivity index (χ3n) is 2.37. The minimum atomic E-state index is 0.0159. The van der Waals surface area contributed by atoms with E-state index in [1.165, 1.54) is 11.5 Å². The summed E-state index contributed by atoms with van der Waals surface area (Å²) in [6.07, 6.45) is 1.08. The van der Waals surface area contributed by atoms with Crippen molar-refractivity contribution in [3.63, 3.8) is 0 Å². The van der Waals surface area contributed by atoms with Crippen molar-refractivity contribution in [3.8, 4) is 0 Å². The minimum absolute atomic E-state index is 0.0159. The second kappa shape index (κ2) is 4.35. The van der Waals surface area contributed by atoms with E-state index in [1.807, 2.05) is 4.90 Å². The Balaban J connectivity index is 2.00. The van der Waals surface area contributed by atoms with E-state index < -0.39 is 0 Å². The van der Waals surface area contributed by atoms with Gasteiger partial charge in [0.05, 0.1) is 0 Å². The molecule has 2 rings (SSSR count). The van der Waals surface area contributed by atoms with Gasteiger partial charge in [-0.25, -0.2) is 0 Å². The number of nitrogens with zero attached hydrogens (tertiary/aromatic N) is 3. The van der Waals surface area contributed by atoms with Gasteiger partial charge >= 0.3 is 0 Å². The van der Waals surface area contributed by atoms with E-state index >= 15 is 0 Å². The molecule has 1 fully saturated rings. The van der Waals surface area contributed by atoms with Crippen LogP contribution in [0.15, 0.2) is 5.38 Å². The number of rotatable bonds is 2. The Hall–Kier alpha value is -0.490. The first-order valence-corrected chi connectivity index (χ1v) is 6.39. The number of halogens is 1. The van der Waals surface area contributed by atoms with Gasteiger partial charge in [-0.15, -0.1) is 5.10 Å². The van der Waals surface area contributed by atoms with E-state index in [-0.39, 0.29) is 5.91 Å². The van der Waals surface area contributed by atoms with Gasteiger partial charge in [0.25, 0.3) is 5.91 Å². The normalized spacial score (nSPS) is 21.5. The van der Waals surface area contributed by atoms with Crippen molar-refractivity contribution in [3.05, 3.63) is 11.1 Å². The van der Waals surface area contributed by atoms with Gasteiger partial charge in [-0.2, -0.15) is 0 Å². The zero-order valence-corrected chi connectivity index (χ0v) is 9.92. The summed E-state index contributed by atoms with van der Waals surface area (Å²) >= 11 is 4.65. The third kappa shape index (κ3) is 1.95. The average Bonchev–Trinajstić information content (AvgIpc) is 2.88. The zero-order chi connectivity index (χ0) is 9.97. The van der Waals surface area contributed by atoms with Crippen molar-refractivity contribution in [1.29, 1.82) is 0 Å². The fourth-order valence-electron chi connectivity index (χ4n) is 1.56. The van der Waals surface area contributed by atoms with E-state index in [1.54, 1.807) is 5.38 Å². The fourth-order valence-corrected chi connectivity index (χ4v) is 2.52. The molecule has 0 bridgehead atoms. The highest BCUT2D eigenvalue weighted by Crippen LogP contribution is 2.19. The summed E-state index contributed by atoms with van der Waals surface area (Å²) in [6.45, 7) is 1.67. The smallest absolute Gasteiger partial charge is 0.275 e. The highest BCUT2D eigenvalue weighted by Gasteiger charge is 2.27. The molecule has 1 aromatic heterocycles. The highest BCUT2D eigenvalue weighted by molar-refractivity contribution is 9.09. The number of alkyl halides is 1. The topological polar surface area (TPSA) is 46.1 Å². The predicted molar refractivity (Wildman–Crippen MR) is 57.7 cm³/mol. The Morgan fingerprint density at radius 1 is 1.79 bits per heavy atom. The van der Waals surface area contributed by atoms with Gasteiger partial charge < -0.3 is 4.90 Å². The molecular weight excluding hydrogens is 266 g/mol. The predicted octanol–water partition coefficient (Wildman–Crippen LogP) is 1.40. The second-order valence-corrected chi connectivity index (χ2v) is 4.61. The number of aromatic nitrogens is 2. The zero-order valence-electron chi connectivity index (χ0n) is 7.52. The molecule has 76 valence electrons. The molecule has 2 heterocycles. The van der Waals surface area contributed by atoms with Gasteiger partial charge in [0.1, 0.15) is 0 Å². The fraction of sp³-hybridized carbons (Fsp3) is 0.625. The summed E-state index contributed by atoms with van der Waals surface area (Å²) in [6, 6.07) is 0. The third-order valence-corrected chi connectivity index (χ3v) is 3.79.